The second-order valence-corrected chi connectivity index (χ2v) is 5.06. The third-order valence-corrected chi connectivity index (χ3v) is 3.32. The molecule has 108 valence electrons. The Morgan fingerprint density at radius 2 is 2.20 bits per heavy atom. The summed E-state index contributed by atoms with van der Waals surface area (Å²) in [5.74, 6) is 1.47. The second kappa shape index (κ2) is 7.42. The van der Waals surface area contributed by atoms with Gasteiger partial charge in [-0.1, -0.05) is 15.9 Å². The molecule has 0 aliphatic rings. The van der Waals surface area contributed by atoms with Gasteiger partial charge in [-0.3, -0.25) is 0 Å². The zero-order chi connectivity index (χ0) is 14.4. The van der Waals surface area contributed by atoms with Gasteiger partial charge < -0.3 is 19.2 Å². The fourth-order valence-corrected chi connectivity index (χ4v) is 2.19. The van der Waals surface area contributed by atoms with Crippen molar-refractivity contribution < 1.29 is 13.9 Å². The quantitative estimate of drug-likeness (QED) is 0.785. The Labute approximate surface area is 126 Å². The predicted octanol–water partition coefficient (Wildman–Crippen LogP) is 2.85. The van der Waals surface area contributed by atoms with Gasteiger partial charge in [0.1, 0.15) is 11.4 Å². The third kappa shape index (κ3) is 3.59. The Morgan fingerprint density at radius 1 is 1.35 bits per heavy atom. The maximum atomic E-state index is 5.51. The molecule has 0 radical (unpaired) electrons. The fraction of sp³-hybridized carbons (Fsp3) is 0.357. The van der Waals surface area contributed by atoms with Crippen molar-refractivity contribution in [1.29, 1.82) is 0 Å². The van der Waals surface area contributed by atoms with Gasteiger partial charge in [-0.15, -0.1) is 0 Å². The van der Waals surface area contributed by atoms with Crippen LogP contribution in [0.5, 0.6) is 5.75 Å². The zero-order valence-corrected chi connectivity index (χ0v) is 13.1. The smallest absolute Gasteiger partial charge is 0.181 e. The molecule has 0 amide bonds. The number of nitrogens with one attached hydrogen (secondary N) is 1. The first kappa shape index (κ1) is 15.0. The van der Waals surface area contributed by atoms with Crippen LogP contribution in [0, 0.1) is 0 Å². The van der Waals surface area contributed by atoms with Crippen LogP contribution in [0.3, 0.4) is 0 Å². The second-order valence-electron chi connectivity index (χ2n) is 4.14. The molecule has 0 bridgehead atoms. The summed E-state index contributed by atoms with van der Waals surface area (Å²) in [6.45, 7) is 2.05. The lowest BCUT2D eigenvalue weighted by Crippen LogP contribution is -2.19. The number of aromatic nitrogens is 1. The van der Waals surface area contributed by atoms with Gasteiger partial charge in [-0.05, 0) is 18.2 Å². The van der Waals surface area contributed by atoms with E-state index < -0.39 is 0 Å². The van der Waals surface area contributed by atoms with Crippen molar-refractivity contribution in [2.75, 3.05) is 27.4 Å². The van der Waals surface area contributed by atoms with Gasteiger partial charge in [0.15, 0.2) is 12.2 Å². The molecule has 1 N–H and O–H groups in total. The van der Waals surface area contributed by atoms with E-state index >= 15 is 0 Å². The van der Waals surface area contributed by atoms with Crippen LogP contribution in [0.2, 0.25) is 0 Å². The maximum absolute atomic E-state index is 5.51. The summed E-state index contributed by atoms with van der Waals surface area (Å²) in [6, 6.07) is 5.80. The number of benzene rings is 1. The highest BCUT2D eigenvalue weighted by Crippen LogP contribution is 2.34. The normalized spacial score (nSPS) is 10.8. The molecular weight excluding hydrogens is 324 g/mol. The fourth-order valence-electron chi connectivity index (χ4n) is 1.85. The number of rotatable bonds is 7. The van der Waals surface area contributed by atoms with E-state index in [2.05, 4.69) is 26.2 Å². The largest absolute Gasteiger partial charge is 0.496 e. The molecule has 6 heteroatoms. The van der Waals surface area contributed by atoms with Gasteiger partial charge in [-0.25, -0.2) is 4.98 Å². The predicted molar refractivity (Wildman–Crippen MR) is 79.8 cm³/mol. The Bertz CT molecular complexity index is 557. The SMILES string of the molecule is COCCNCc1ncoc1-c1ccc(Br)cc1OC. The van der Waals surface area contributed by atoms with E-state index in [9.17, 15) is 0 Å². The van der Waals surface area contributed by atoms with Gasteiger partial charge in [-0.2, -0.15) is 0 Å². The van der Waals surface area contributed by atoms with Gasteiger partial charge >= 0.3 is 0 Å². The molecule has 0 unspecified atom stereocenters. The van der Waals surface area contributed by atoms with Crippen LogP contribution >= 0.6 is 15.9 Å². The number of oxazole rings is 1. The molecule has 0 saturated heterocycles. The minimum absolute atomic E-state index is 0.619. The zero-order valence-electron chi connectivity index (χ0n) is 11.5. The Balaban J connectivity index is 2.19. The van der Waals surface area contributed by atoms with Crippen LogP contribution < -0.4 is 10.1 Å². The highest BCUT2D eigenvalue weighted by molar-refractivity contribution is 9.10. The molecule has 1 aromatic heterocycles. The molecule has 5 nitrogen and oxygen atoms in total. The van der Waals surface area contributed by atoms with Crippen LogP contribution in [0.1, 0.15) is 5.69 Å². The molecule has 0 spiro atoms. The summed E-state index contributed by atoms with van der Waals surface area (Å²) in [7, 11) is 3.31. The lowest BCUT2D eigenvalue weighted by Gasteiger charge is -2.08. The van der Waals surface area contributed by atoms with Crippen molar-refractivity contribution in [1.82, 2.24) is 10.3 Å². The average Bonchev–Trinajstić information content (AvgIpc) is 2.91. The van der Waals surface area contributed by atoms with Crippen LogP contribution in [0.4, 0.5) is 0 Å². The average molecular weight is 341 g/mol. The summed E-state index contributed by atoms with van der Waals surface area (Å²) in [4.78, 5) is 4.25. The van der Waals surface area contributed by atoms with Crippen LogP contribution in [-0.4, -0.2) is 32.4 Å². The third-order valence-electron chi connectivity index (χ3n) is 2.82. The van der Waals surface area contributed by atoms with Crippen molar-refractivity contribution in [3.8, 4) is 17.1 Å². The lowest BCUT2D eigenvalue weighted by molar-refractivity contribution is 0.199. The Morgan fingerprint density at radius 3 is 2.95 bits per heavy atom. The van der Waals surface area contributed by atoms with Crippen LogP contribution in [-0.2, 0) is 11.3 Å². The van der Waals surface area contributed by atoms with Gasteiger partial charge in [0.05, 0.1) is 19.3 Å². The Hall–Kier alpha value is -1.37. The van der Waals surface area contributed by atoms with Gasteiger partial charge in [0.25, 0.3) is 0 Å². The summed E-state index contributed by atoms with van der Waals surface area (Å²) >= 11 is 3.43. The number of methoxy groups -OCH3 is 2. The molecular formula is C14H17BrN2O3. The molecule has 0 atom stereocenters. The molecule has 2 rings (SSSR count). The molecule has 1 aromatic carbocycles. The van der Waals surface area contributed by atoms with Gasteiger partial charge in [0.2, 0.25) is 0 Å². The van der Waals surface area contributed by atoms with Crippen molar-refractivity contribution in [3.63, 3.8) is 0 Å². The molecule has 0 fully saturated rings. The van der Waals surface area contributed by atoms with Gasteiger partial charge in [0, 0.05) is 24.7 Å². The van der Waals surface area contributed by atoms with E-state index in [1.54, 1.807) is 14.2 Å². The van der Waals surface area contributed by atoms with E-state index in [0.29, 0.717) is 13.2 Å². The molecule has 1 heterocycles. The minimum Gasteiger partial charge on any atom is -0.496 e. The van der Waals surface area contributed by atoms with Crippen molar-refractivity contribution in [2.24, 2.45) is 0 Å². The monoisotopic (exact) mass is 340 g/mol. The number of hydrogen-bond acceptors (Lipinski definition) is 5. The van der Waals surface area contributed by atoms with Crippen LogP contribution in [0.25, 0.3) is 11.3 Å². The topological polar surface area (TPSA) is 56.5 Å². The number of ether oxygens (including phenoxy) is 2. The van der Waals surface area contributed by atoms with E-state index in [1.165, 1.54) is 6.39 Å². The Kier molecular flexibility index (Phi) is 5.58. The first-order chi connectivity index (χ1) is 9.76. The summed E-state index contributed by atoms with van der Waals surface area (Å²) in [5, 5.41) is 3.25. The standard InChI is InChI=1S/C14H17BrN2O3/c1-18-6-5-16-8-12-14(20-9-17-12)11-4-3-10(15)7-13(11)19-2/h3-4,7,9,16H,5-6,8H2,1-2H3. The first-order valence-corrected chi connectivity index (χ1v) is 7.01. The summed E-state index contributed by atoms with van der Waals surface area (Å²) < 4.78 is 16.9. The minimum atomic E-state index is 0.619. The van der Waals surface area contributed by atoms with E-state index in [1.807, 2.05) is 18.2 Å². The first-order valence-electron chi connectivity index (χ1n) is 6.22. The van der Waals surface area contributed by atoms with Crippen molar-refractivity contribution in [3.05, 3.63) is 34.8 Å². The summed E-state index contributed by atoms with van der Waals surface area (Å²) in [5.41, 5.74) is 1.73. The molecule has 20 heavy (non-hydrogen) atoms. The number of hydrogen-bond donors (Lipinski definition) is 1. The van der Waals surface area contributed by atoms with Crippen LogP contribution in [0.15, 0.2) is 33.5 Å². The van der Waals surface area contributed by atoms with E-state index in [4.69, 9.17) is 13.9 Å². The van der Waals surface area contributed by atoms with E-state index in [0.717, 1.165) is 33.8 Å². The molecule has 0 aliphatic carbocycles. The maximum Gasteiger partial charge on any atom is 0.181 e. The lowest BCUT2D eigenvalue weighted by atomic mass is 10.1. The highest BCUT2D eigenvalue weighted by atomic mass is 79.9. The highest BCUT2D eigenvalue weighted by Gasteiger charge is 2.15. The van der Waals surface area contributed by atoms with E-state index in [-0.39, 0.29) is 0 Å². The molecule has 0 saturated carbocycles. The van der Waals surface area contributed by atoms with Crippen molar-refractivity contribution in [2.45, 2.75) is 6.54 Å². The number of nitrogens with zero attached hydrogens (tertiary/aromatic N) is 1. The molecule has 0 aliphatic heterocycles. The summed E-state index contributed by atoms with van der Waals surface area (Å²) in [6.07, 6.45) is 1.45. The van der Waals surface area contributed by atoms with Crippen molar-refractivity contribution >= 4 is 15.9 Å². The number of halogens is 1. The molecule has 2 aromatic rings.